The lowest BCUT2D eigenvalue weighted by molar-refractivity contribution is 0.509. The molecule has 0 spiro atoms. The van der Waals surface area contributed by atoms with Crippen molar-refractivity contribution < 1.29 is 8.78 Å². The molecule has 0 unspecified atom stereocenters. The number of benzene rings is 1. The van der Waals surface area contributed by atoms with Crippen molar-refractivity contribution in [3.63, 3.8) is 0 Å². The minimum atomic E-state index is -0.893. The zero-order chi connectivity index (χ0) is 12.5. The molecular weight excluding hydrogens is 256 g/mol. The fraction of sp³-hybridized carbons (Fsp3) is 0. The van der Waals surface area contributed by atoms with Gasteiger partial charge in [0.15, 0.2) is 11.6 Å². The molecule has 3 aromatic rings. The molecule has 1 aromatic carbocycles. The third-order valence-corrected chi connectivity index (χ3v) is 3.26. The van der Waals surface area contributed by atoms with Gasteiger partial charge >= 0.3 is 0 Å². The van der Waals surface area contributed by atoms with Crippen LogP contribution in [0.5, 0.6) is 0 Å². The number of thiophene rings is 1. The maximum Gasteiger partial charge on any atom is 0.160 e. The summed E-state index contributed by atoms with van der Waals surface area (Å²) in [7, 11) is 0. The summed E-state index contributed by atoms with van der Waals surface area (Å²) in [5.74, 6) is -1.19. The summed E-state index contributed by atoms with van der Waals surface area (Å²) in [6.45, 7) is 0. The summed E-state index contributed by atoms with van der Waals surface area (Å²) >= 11 is 1.49. The summed E-state index contributed by atoms with van der Waals surface area (Å²) in [6, 6.07) is 5.50. The third-order valence-electron chi connectivity index (χ3n) is 2.44. The minimum Gasteiger partial charge on any atom is -0.340 e. The number of nitrogens with one attached hydrogen (secondary N) is 1. The normalized spacial score (nSPS) is 10.8. The Hall–Kier alpha value is -2.08. The van der Waals surface area contributed by atoms with E-state index in [-0.39, 0.29) is 0 Å². The highest BCUT2D eigenvalue weighted by atomic mass is 32.1. The Morgan fingerprint density at radius 3 is 2.78 bits per heavy atom. The molecule has 0 aliphatic rings. The van der Waals surface area contributed by atoms with Crippen LogP contribution < -0.4 is 5.32 Å². The molecule has 2 heterocycles. The smallest absolute Gasteiger partial charge is 0.160 e. The Morgan fingerprint density at radius 2 is 1.94 bits per heavy atom. The summed E-state index contributed by atoms with van der Waals surface area (Å²) in [4.78, 5) is 9.05. The topological polar surface area (TPSA) is 37.8 Å². The fourth-order valence-electron chi connectivity index (χ4n) is 1.60. The highest BCUT2D eigenvalue weighted by Crippen LogP contribution is 2.26. The fourth-order valence-corrected chi connectivity index (χ4v) is 2.33. The summed E-state index contributed by atoms with van der Waals surface area (Å²) in [5.41, 5.74) is 0.445. The predicted molar refractivity (Wildman–Crippen MR) is 67.1 cm³/mol. The second-order valence-corrected chi connectivity index (χ2v) is 4.51. The van der Waals surface area contributed by atoms with Gasteiger partial charge in [0, 0.05) is 11.8 Å². The first-order valence-electron chi connectivity index (χ1n) is 5.14. The molecule has 0 aliphatic heterocycles. The van der Waals surface area contributed by atoms with Gasteiger partial charge < -0.3 is 5.32 Å². The van der Waals surface area contributed by atoms with Gasteiger partial charge in [-0.05, 0) is 23.6 Å². The number of rotatable bonds is 2. The first-order chi connectivity index (χ1) is 8.74. The molecule has 0 bridgehead atoms. The van der Waals surface area contributed by atoms with E-state index < -0.39 is 11.6 Å². The largest absolute Gasteiger partial charge is 0.340 e. The third kappa shape index (κ3) is 1.91. The molecule has 0 saturated heterocycles. The van der Waals surface area contributed by atoms with Crippen molar-refractivity contribution in [2.45, 2.75) is 0 Å². The monoisotopic (exact) mass is 263 g/mol. The van der Waals surface area contributed by atoms with Crippen LogP contribution in [-0.4, -0.2) is 9.97 Å². The average Bonchev–Trinajstić information content (AvgIpc) is 2.83. The molecular formula is C12H7F2N3S. The SMILES string of the molecule is Fc1ccc(Nc2ncnc3sccc23)cc1F. The van der Waals surface area contributed by atoms with Gasteiger partial charge in [0.25, 0.3) is 0 Å². The van der Waals surface area contributed by atoms with E-state index in [1.54, 1.807) is 0 Å². The maximum absolute atomic E-state index is 13.1. The number of halogens is 2. The molecule has 1 N–H and O–H groups in total. The Kier molecular flexibility index (Phi) is 2.64. The van der Waals surface area contributed by atoms with Gasteiger partial charge in [-0.3, -0.25) is 0 Å². The standard InChI is InChI=1S/C12H7F2N3S/c13-9-2-1-7(5-10(9)14)17-11-8-3-4-18-12(8)16-6-15-11/h1-6H,(H,15,16,17). The molecule has 0 atom stereocenters. The molecule has 3 nitrogen and oxygen atoms in total. The quantitative estimate of drug-likeness (QED) is 0.765. The van der Waals surface area contributed by atoms with Gasteiger partial charge in [-0.1, -0.05) is 0 Å². The molecule has 0 aliphatic carbocycles. The van der Waals surface area contributed by atoms with Crippen LogP contribution in [0.15, 0.2) is 36.0 Å². The van der Waals surface area contributed by atoms with E-state index in [0.717, 1.165) is 22.3 Å². The number of anilines is 2. The Balaban J connectivity index is 2.01. The van der Waals surface area contributed by atoms with Crippen LogP contribution >= 0.6 is 11.3 Å². The highest BCUT2D eigenvalue weighted by Gasteiger charge is 2.07. The van der Waals surface area contributed by atoms with Crippen LogP contribution in [0.1, 0.15) is 0 Å². The van der Waals surface area contributed by atoms with E-state index in [2.05, 4.69) is 15.3 Å². The second-order valence-electron chi connectivity index (χ2n) is 3.62. The van der Waals surface area contributed by atoms with E-state index in [1.165, 1.54) is 23.7 Å². The van der Waals surface area contributed by atoms with E-state index in [0.29, 0.717) is 11.5 Å². The maximum atomic E-state index is 13.1. The van der Waals surface area contributed by atoms with Gasteiger partial charge in [-0.25, -0.2) is 18.7 Å². The average molecular weight is 263 g/mol. The molecule has 90 valence electrons. The van der Waals surface area contributed by atoms with E-state index >= 15 is 0 Å². The van der Waals surface area contributed by atoms with Crippen molar-refractivity contribution >= 4 is 33.1 Å². The van der Waals surface area contributed by atoms with Crippen molar-refractivity contribution in [1.29, 1.82) is 0 Å². The van der Waals surface area contributed by atoms with Crippen molar-refractivity contribution in [3.05, 3.63) is 47.6 Å². The second kappa shape index (κ2) is 4.30. The number of hydrogen-bond acceptors (Lipinski definition) is 4. The van der Waals surface area contributed by atoms with Crippen molar-refractivity contribution in [1.82, 2.24) is 9.97 Å². The van der Waals surface area contributed by atoms with Crippen LogP contribution in [-0.2, 0) is 0 Å². The Morgan fingerprint density at radius 1 is 1.06 bits per heavy atom. The van der Waals surface area contributed by atoms with Crippen LogP contribution in [0, 0.1) is 11.6 Å². The molecule has 18 heavy (non-hydrogen) atoms. The van der Waals surface area contributed by atoms with E-state index in [9.17, 15) is 8.78 Å². The first-order valence-corrected chi connectivity index (χ1v) is 6.02. The number of hydrogen-bond donors (Lipinski definition) is 1. The van der Waals surface area contributed by atoms with Crippen molar-refractivity contribution in [2.24, 2.45) is 0 Å². The summed E-state index contributed by atoms with van der Waals surface area (Å²) < 4.78 is 25.9. The number of fused-ring (bicyclic) bond motifs is 1. The van der Waals surface area contributed by atoms with Crippen LogP contribution in [0.4, 0.5) is 20.3 Å². The zero-order valence-electron chi connectivity index (χ0n) is 9.02. The lowest BCUT2D eigenvalue weighted by atomic mass is 10.3. The van der Waals surface area contributed by atoms with Crippen LogP contribution in [0.2, 0.25) is 0 Å². The van der Waals surface area contributed by atoms with Crippen molar-refractivity contribution in [2.75, 3.05) is 5.32 Å². The molecule has 0 amide bonds. The predicted octanol–water partition coefficient (Wildman–Crippen LogP) is 3.71. The highest BCUT2D eigenvalue weighted by molar-refractivity contribution is 7.16. The Labute approximate surface area is 105 Å². The van der Waals surface area contributed by atoms with Gasteiger partial charge in [0.05, 0.1) is 5.39 Å². The van der Waals surface area contributed by atoms with Gasteiger partial charge in [0.2, 0.25) is 0 Å². The minimum absolute atomic E-state index is 0.445. The Bertz CT molecular complexity index is 711. The lowest BCUT2D eigenvalue weighted by Gasteiger charge is -2.06. The number of aromatic nitrogens is 2. The molecule has 0 fully saturated rings. The van der Waals surface area contributed by atoms with Gasteiger partial charge in [-0.2, -0.15) is 0 Å². The molecule has 3 rings (SSSR count). The van der Waals surface area contributed by atoms with E-state index in [4.69, 9.17) is 0 Å². The molecule has 0 saturated carbocycles. The van der Waals surface area contributed by atoms with E-state index in [1.807, 2.05) is 11.4 Å². The first kappa shape index (κ1) is 11.0. The molecule has 6 heteroatoms. The number of nitrogens with zero attached hydrogens (tertiary/aromatic N) is 2. The molecule has 0 radical (unpaired) electrons. The summed E-state index contributed by atoms with van der Waals surface area (Å²) in [5, 5.41) is 5.70. The summed E-state index contributed by atoms with van der Waals surface area (Å²) in [6.07, 6.45) is 1.43. The van der Waals surface area contributed by atoms with Crippen LogP contribution in [0.3, 0.4) is 0 Å². The van der Waals surface area contributed by atoms with Gasteiger partial charge in [0.1, 0.15) is 17.0 Å². The van der Waals surface area contributed by atoms with Gasteiger partial charge in [-0.15, -0.1) is 11.3 Å². The zero-order valence-corrected chi connectivity index (χ0v) is 9.84. The van der Waals surface area contributed by atoms with Crippen molar-refractivity contribution in [3.8, 4) is 0 Å². The lowest BCUT2D eigenvalue weighted by Crippen LogP contribution is -1.96. The van der Waals surface area contributed by atoms with Crippen LogP contribution in [0.25, 0.3) is 10.2 Å². The molecule has 2 aromatic heterocycles.